The average Bonchev–Trinajstić information content (AvgIpc) is 3.15. The van der Waals surface area contributed by atoms with Gasteiger partial charge in [0.05, 0.1) is 10.7 Å². The average molecular weight is 344 g/mol. The van der Waals surface area contributed by atoms with Crippen LogP contribution in [0.4, 0.5) is 5.13 Å². The van der Waals surface area contributed by atoms with Crippen LogP contribution < -0.4 is 5.32 Å². The molecule has 3 rings (SSSR count). The molecule has 118 valence electrons. The molecule has 0 atom stereocenters. The van der Waals surface area contributed by atoms with E-state index in [9.17, 15) is 4.79 Å². The fourth-order valence-corrected chi connectivity index (χ4v) is 3.78. The number of aryl methyl sites for hydroxylation is 1. The highest BCUT2D eigenvalue weighted by Crippen LogP contribution is 2.28. The van der Waals surface area contributed by atoms with Crippen LogP contribution in [-0.4, -0.2) is 20.9 Å². The van der Waals surface area contributed by atoms with Gasteiger partial charge < -0.3 is 0 Å². The van der Waals surface area contributed by atoms with E-state index in [0.29, 0.717) is 10.8 Å². The largest absolute Gasteiger partial charge is 0.296 e. The van der Waals surface area contributed by atoms with Gasteiger partial charge in [0.15, 0.2) is 5.13 Å². The summed E-state index contributed by atoms with van der Waals surface area (Å²) >= 11 is 2.97. The zero-order chi connectivity index (χ0) is 16.4. The predicted octanol–water partition coefficient (Wildman–Crippen LogP) is 4.35. The molecule has 23 heavy (non-hydrogen) atoms. The molecule has 0 saturated heterocycles. The zero-order valence-electron chi connectivity index (χ0n) is 13.0. The van der Waals surface area contributed by atoms with E-state index in [0.717, 1.165) is 21.1 Å². The lowest BCUT2D eigenvalue weighted by Crippen LogP contribution is -2.14. The molecule has 7 heteroatoms. The number of hydrogen-bond donors (Lipinski definition) is 1. The van der Waals surface area contributed by atoms with Crippen molar-refractivity contribution in [2.75, 3.05) is 5.32 Å². The maximum absolute atomic E-state index is 12.5. The van der Waals surface area contributed by atoms with Gasteiger partial charge in [0, 0.05) is 28.2 Å². The molecular weight excluding hydrogens is 328 g/mol. The van der Waals surface area contributed by atoms with E-state index in [2.05, 4.69) is 34.1 Å². The molecule has 3 aromatic heterocycles. The molecule has 5 nitrogen and oxygen atoms in total. The lowest BCUT2D eigenvalue weighted by Gasteiger charge is -2.04. The normalized spacial score (nSPS) is 11.0. The molecule has 0 aliphatic carbocycles. The lowest BCUT2D eigenvalue weighted by atomic mass is 10.1. The summed E-state index contributed by atoms with van der Waals surface area (Å²) in [6.45, 7) is 6.04. The molecule has 0 radical (unpaired) electrons. The Balaban J connectivity index is 1.80. The Hall–Kier alpha value is -2.12. The first-order chi connectivity index (χ1) is 11.0. The van der Waals surface area contributed by atoms with Crippen molar-refractivity contribution in [2.45, 2.75) is 26.7 Å². The molecule has 0 saturated carbocycles. The number of carbonyl (C=O) groups is 1. The van der Waals surface area contributed by atoms with Gasteiger partial charge >= 0.3 is 0 Å². The topological polar surface area (TPSA) is 67.8 Å². The van der Waals surface area contributed by atoms with Crippen LogP contribution in [0.25, 0.3) is 11.3 Å². The molecule has 0 unspecified atom stereocenters. The monoisotopic (exact) mass is 344 g/mol. The summed E-state index contributed by atoms with van der Waals surface area (Å²) < 4.78 is 0. The highest BCUT2D eigenvalue weighted by atomic mass is 32.1. The van der Waals surface area contributed by atoms with Crippen LogP contribution in [0.15, 0.2) is 29.9 Å². The molecule has 3 heterocycles. The van der Waals surface area contributed by atoms with Crippen LogP contribution in [0.3, 0.4) is 0 Å². The van der Waals surface area contributed by atoms with Gasteiger partial charge in [-0.15, -0.1) is 22.7 Å². The summed E-state index contributed by atoms with van der Waals surface area (Å²) in [6, 6.07) is 3.78. The van der Waals surface area contributed by atoms with Crippen LogP contribution in [0, 0.1) is 6.92 Å². The van der Waals surface area contributed by atoms with E-state index in [1.54, 1.807) is 23.7 Å². The third-order valence-electron chi connectivity index (χ3n) is 3.20. The number of anilines is 1. The second-order valence-electron chi connectivity index (χ2n) is 5.33. The number of nitrogens with zero attached hydrogens (tertiary/aromatic N) is 3. The molecular formula is C16H16N4OS2. The van der Waals surface area contributed by atoms with Crippen molar-refractivity contribution in [1.29, 1.82) is 0 Å². The van der Waals surface area contributed by atoms with Crippen molar-refractivity contribution in [3.63, 3.8) is 0 Å². The Morgan fingerprint density at radius 3 is 2.65 bits per heavy atom. The van der Waals surface area contributed by atoms with Gasteiger partial charge in [0.25, 0.3) is 5.91 Å². The molecule has 1 amide bonds. The molecule has 0 aromatic carbocycles. The summed E-state index contributed by atoms with van der Waals surface area (Å²) in [7, 11) is 0. The fourth-order valence-electron chi connectivity index (χ4n) is 2.14. The van der Waals surface area contributed by atoms with Crippen molar-refractivity contribution < 1.29 is 4.79 Å². The van der Waals surface area contributed by atoms with Crippen molar-refractivity contribution >= 4 is 33.7 Å². The van der Waals surface area contributed by atoms with Crippen molar-refractivity contribution in [2.24, 2.45) is 0 Å². The molecule has 0 bridgehead atoms. The van der Waals surface area contributed by atoms with Gasteiger partial charge in [-0.05, 0) is 25.0 Å². The number of nitrogens with one attached hydrogen (secondary N) is 1. The second kappa shape index (κ2) is 6.55. The van der Waals surface area contributed by atoms with Crippen LogP contribution in [0.2, 0.25) is 0 Å². The summed E-state index contributed by atoms with van der Waals surface area (Å²) in [5.74, 6) is 0.0688. The second-order valence-corrected chi connectivity index (χ2v) is 7.42. The summed E-state index contributed by atoms with van der Waals surface area (Å²) in [5, 5.41) is 6.24. The van der Waals surface area contributed by atoms with E-state index in [1.165, 1.54) is 11.3 Å². The maximum atomic E-state index is 12.5. The van der Waals surface area contributed by atoms with Crippen LogP contribution in [0.5, 0.6) is 0 Å². The smallest absolute Gasteiger partial charge is 0.277 e. The van der Waals surface area contributed by atoms with Crippen molar-refractivity contribution in [3.05, 3.63) is 45.5 Å². The number of amides is 1. The highest BCUT2D eigenvalue weighted by Gasteiger charge is 2.20. The standard InChI is InChI=1S/C16H16N4OS2/c1-9(2)14-13(18-10(3)23-14)15(21)20-16-19-12(8-22-16)11-4-6-17-7-5-11/h4-9H,1-3H3,(H,19,20,21). The van der Waals surface area contributed by atoms with Crippen molar-refractivity contribution in [3.8, 4) is 11.3 Å². The number of carbonyl (C=O) groups excluding carboxylic acids is 1. The first kappa shape index (κ1) is 15.8. The Kier molecular flexibility index (Phi) is 4.49. The summed E-state index contributed by atoms with van der Waals surface area (Å²) in [6.07, 6.45) is 3.44. The molecule has 0 aliphatic rings. The molecule has 0 spiro atoms. The van der Waals surface area contributed by atoms with E-state index < -0.39 is 0 Å². The number of rotatable bonds is 4. The SMILES string of the molecule is Cc1nc(C(=O)Nc2nc(-c3ccncc3)cs2)c(C(C)C)s1. The van der Waals surface area contributed by atoms with Gasteiger partial charge in [0.1, 0.15) is 5.69 Å². The summed E-state index contributed by atoms with van der Waals surface area (Å²) in [4.78, 5) is 26.3. The zero-order valence-corrected chi connectivity index (χ0v) is 14.7. The van der Waals surface area contributed by atoms with Crippen molar-refractivity contribution in [1.82, 2.24) is 15.0 Å². The third kappa shape index (κ3) is 3.46. The quantitative estimate of drug-likeness (QED) is 0.764. The van der Waals surface area contributed by atoms with E-state index >= 15 is 0 Å². The lowest BCUT2D eigenvalue weighted by molar-refractivity contribution is 0.102. The predicted molar refractivity (Wildman–Crippen MR) is 94.2 cm³/mol. The van der Waals surface area contributed by atoms with Gasteiger partial charge in [-0.1, -0.05) is 13.8 Å². The van der Waals surface area contributed by atoms with Gasteiger partial charge in [-0.2, -0.15) is 0 Å². The minimum Gasteiger partial charge on any atom is -0.296 e. The van der Waals surface area contributed by atoms with E-state index in [1.807, 2.05) is 24.4 Å². The van der Waals surface area contributed by atoms with Crippen LogP contribution in [-0.2, 0) is 0 Å². The summed E-state index contributed by atoms with van der Waals surface area (Å²) in [5.41, 5.74) is 2.30. The Morgan fingerprint density at radius 1 is 1.22 bits per heavy atom. The molecule has 1 N–H and O–H groups in total. The minimum atomic E-state index is -0.200. The van der Waals surface area contributed by atoms with Gasteiger partial charge in [-0.25, -0.2) is 9.97 Å². The Bertz CT molecular complexity index is 824. The fraction of sp³-hybridized carbons (Fsp3) is 0.250. The third-order valence-corrected chi connectivity index (χ3v) is 5.23. The Labute approximate surface area is 142 Å². The highest BCUT2D eigenvalue weighted by molar-refractivity contribution is 7.14. The van der Waals surface area contributed by atoms with E-state index in [-0.39, 0.29) is 11.8 Å². The van der Waals surface area contributed by atoms with Gasteiger partial charge in [-0.3, -0.25) is 15.1 Å². The number of hydrogen-bond acceptors (Lipinski definition) is 6. The first-order valence-corrected chi connectivity index (χ1v) is 8.89. The number of aromatic nitrogens is 3. The first-order valence-electron chi connectivity index (χ1n) is 7.19. The molecule has 3 aromatic rings. The van der Waals surface area contributed by atoms with E-state index in [4.69, 9.17) is 0 Å². The number of thiazole rings is 2. The van der Waals surface area contributed by atoms with Crippen LogP contribution in [0.1, 0.15) is 40.1 Å². The van der Waals surface area contributed by atoms with Gasteiger partial charge in [0.2, 0.25) is 0 Å². The molecule has 0 fully saturated rings. The Morgan fingerprint density at radius 2 is 1.96 bits per heavy atom. The minimum absolute atomic E-state index is 0.200. The van der Waals surface area contributed by atoms with Crippen LogP contribution >= 0.6 is 22.7 Å². The number of pyridine rings is 1. The maximum Gasteiger partial charge on any atom is 0.277 e. The molecule has 0 aliphatic heterocycles.